The van der Waals surface area contributed by atoms with Gasteiger partial charge in [-0.3, -0.25) is 9.69 Å². The van der Waals surface area contributed by atoms with E-state index in [1.54, 1.807) is 6.33 Å². The van der Waals surface area contributed by atoms with Crippen molar-refractivity contribution in [2.75, 3.05) is 26.2 Å². The van der Waals surface area contributed by atoms with Gasteiger partial charge in [-0.15, -0.1) is 0 Å². The lowest BCUT2D eigenvalue weighted by molar-refractivity contribution is -0.134. The molecule has 1 aliphatic carbocycles. The second kappa shape index (κ2) is 8.29. The minimum atomic E-state index is 0.304. The van der Waals surface area contributed by atoms with E-state index in [4.69, 9.17) is 0 Å². The Kier molecular flexibility index (Phi) is 5.81. The molecule has 1 spiro atoms. The number of piperidine rings is 1. The smallest absolute Gasteiger partial charge is 0.222 e. The van der Waals surface area contributed by atoms with Crippen LogP contribution in [-0.2, 0) is 17.9 Å². The molecule has 0 aromatic carbocycles. The molecule has 2 aliphatic heterocycles. The number of carbonyl (C=O) groups is 1. The molecule has 3 aliphatic rings. The lowest BCUT2D eigenvalue weighted by Gasteiger charge is -2.40. The fourth-order valence-corrected chi connectivity index (χ4v) is 5.58. The topological polar surface area (TPSA) is 54.3 Å². The minimum absolute atomic E-state index is 0.304. The number of aryl methyl sites for hydroxylation is 1. The Morgan fingerprint density at radius 3 is 2.85 bits per heavy atom. The summed E-state index contributed by atoms with van der Waals surface area (Å²) in [6.45, 7) is 8.00. The summed E-state index contributed by atoms with van der Waals surface area (Å²) in [4.78, 5) is 21.9. The lowest BCUT2D eigenvalue weighted by atomic mass is 9.79. The van der Waals surface area contributed by atoms with Crippen LogP contribution in [0.2, 0.25) is 0 Å². The van der Waals surface area contributed by atoms with E-state index in [0.29, 0.717) is 11.3 Å². The average molecular weight is 374 g/mol. The third-order valence-corrected chi connectivity index (χ3v) is 7.13. The summed E-state index contributed by atoms with van der Waals surface area (Å²) in [6, 6.07) is 0. The van der Waals surface area contributed by atoms with Crippen molar-refractivity contribution in [1.29, 1.82) is 0 Å². The van der Waals surface area contributed by atoms with Crippen molar-refractivity contribution in [3.8, 4) is 0 Å². The highest BCUT2D eigenvalue weighted by Crippen LogP contribution is 2.39. The van der Waals surface area contributed by atoms with Crippen molar-refractivity contribution in [3.05, 3.63) is 12.2 Å². The summed E-state index contributed by atoms with van der Waals surface area (Å²) >= 11 is 0. The maximum atomic E-state index is 12.8. The molecule has 1 unspecified atom stereocenters. The highest BCUT2D eigenvalue weighted by molar-refractivity contribution is 5.76. The third kappa shape index (κ3) is 4.36. The first-order chi connectivity index (χ1) is 13.2. The minimum Gasteiger partial charge on any atom is -0.342 e. The van der Waals surface area contributed by atoms with Gasteiger partial charge in [-0.2, -0.15) is 5.10 Å². The summed E-state index contributed by atoms with van der Waals surface area (Å²) in [5, 5.41) is 4.30. The van der Waals surface area contributed by atoms with Crippen LogP contribution in [0.4, 0.5) is 0 Å². The van der Waals surface area contributed by atoms with Crippen molar-refractivity contribution >= 4 is 5.91 Å². The predicted octanol–water partition coefficient (Wildman–Crippen LogP) is 3.08. The van der Waals surface area contributed by atoms with Crippen LogP contribution in [-0.4, -0.2) is 56.7 Å². The summed E-state index contributed by atoms with van der Waals surface area (Å²) in [5.74, 6) is 2.28. The molecule has 1 aromatic heterocycles. The van der Waals surface area contributed by atoms with E-state index in [1.807, 2.05) is 4.68 Å². The molecule has 1 aromatic rings. The Bertz CT molecular complexity index is 638. The van der Waals surface area contributed by atoms with E-state index in [9.17, 15) is 4.79 Å². The first kappa shape index (κ1) is 18.9. The second-order valence-electron chi connectivity index (χ2n) is 9.06. The number of carbonyl (C=O) groups excluding carboxylic acids is 1. The van der Waals surface area contributed by atoms with E-state index in [1.165, 1.54) is 38.5 Å². The van der Waals surface area contributed by atoms with Gasteiger partial charge in [0.25, 0.3) is 0 Å². The van der Waals surface area contributed by atoms with E-state index in [0.717, 1.165) is 70.3 Å². The van der Waals surface area contributed by atoms with Crippen LogP contribution < -0.4 is 0 Å². The zero-order chi connectivity index (χ0) is 18.7. The monoisotopic (exact) mass is 373 g/mol. The number of nitrogens with zero attached hydrogens (tertiary/aromatic N) is 5. The van der Waals surface area contributed by atoms with E-state index >= 15 is 0 Å². The number of aromatic nitrogens is 3. The number of hydrogen-bond donors (Lipinski definition) is 0. The molecule has 6 heteroatoms. The summed E-state index contributed by atoms with van der Waals surface area (Å²) in [6.07, 6.45) is 12.6. The largest absolute Gasteiger partial charge is 0.342 e. The maximum absolute atomic E-state index is 12.8. The molecule has 3 heterocycles. The number of hydrogen-bond acceptors (Lipinski definition) is 4. The van der Waals surface area contributed by atoms with Crippen LogP contribution in [0, 0.1) is 11.3 Å². The van der Waals surface area contributed by atoms with Crippen molar-refractivity contribution in [1.82, 2.24) is 24.6 Å². The third-order valence-electron chi connectivity index (χ3n) is 7.13. The van der Waals surface area contributed by atoms with Crippen molar-refractivity contribution in [2.45, 2.75) is 77.8 Å². The molecule has 150 valence electrons. The van der Waals surface area contributed by atoms with Gasteiger partial charge in [0, 0.05) is 38.0 Å². The first-order valence-corrected chi connectivity index (χ1v) is 11.0. The molecular formula is C21H35N5O. The molecule has 1 atom stereocenters. The summed E-state index contributed by atoms with van der Waals surface area (Å²) < 4.78 is 1.99. The normalized spacial score (nSPS) is 27.1. The van der Waals surface area contributed by atoms with Crippen LogP contribution in [0.15, 0.2) is 6.33 Å². The second-order valence-corrected chi connectivity index (χ2v) is 9.06. The van der Waals surface area contributed by atoms with Gasteiger partial charge in [0.15, 0.2) is 0 Å². The first-order valence-electron chi connectivity index (χ1n) is 11.0. The van der Waals surface area contributed by atoms with Gasteiger partial charge >= 0.3 is 0 Å². The van der Waals surface area contributed by atoms with Crippen molar-refractivity contribution in [2.24, 2.45) is 11.3 Å². The van der Waals surface area contributed by atoms with Gasteiger partial charge in [0.2, 0.25) is 5.91 Å². The molecule has 0 radical (unpaired) electrons. The molecule has 0 bridgehead atoms. The maximum Gasteiger partial charge on any atom is 0.222 e. The van der Waals surface area contributed by atoms with E-state index in [-0.39, 0.29) is 0 Å². The standard InChI is InChI=1S/C21H35N5O/c1-2-26-19(22-17-23-26)14-24-13-11-21(15-24)10-5-12-25(16-21)20(27)9-8-18-6-3-4-7-18/h17-18H,2-16H2,1H3. The Morgan fingerprint density at radius 2 is 2.04 bits per heavy atom. The van der Waals surface area contributed by atoms with Crippen molar-refractivity contribution < 1.29 is 4.79 Å². The van der Waals surface area contributed by atoms with Crippen LogP contribution in [0.1, 0.15) is 70.5 Å². The van der Waals surface area contributed by atoms with Gasteiger partial charge in [-0.1, -0.05) is 25.7 Å². The Labute approximate surface area is 163 Å². The average Bonchev–Trinajstić information content (AvgIpc) is 3.42. The highest BCUT2D eigenvalue weighted by Gasteiger charge is 2.42. The quantitative estimate of drug-likeness (QED) is 0.769. The summed E-state index contributed by atoms with van der Waals surface area (Å²) in [5.41, 5.74) is 0.304. The molecule has 1 saturated carbocycles. The van der Waals surface area contributed by atoms with E-state index in [2.05, 4.69) is 26.8 Å². The summed E-state index contributed by atoms with van der Waals surface area (Å²) in [7, 11) is 0. The van der Waals surface area contributed by atoms with Crippen LogP contribution >= 0.6 is 0 Å². The Hall–Kier alpha value is -1.43. The lowest BCUT2D eigenvalue weighted by Crippen LogP contribution is -2.47. The fraction of sp³-hybridized carbons (Fsp3) is 0.857. The Morgan fingerprint density at radius 1 is 1.19 bits per heavy atom. The molecule has 0 N–H and O–H groups in total. The zero-order valence-corrected chi connectivity index (χ0v) is 16.9. The molecule has 6 nitrogen and oxygen atoms in total. The van der Waals surface area contributed by atoms with Gasteiger partial charge in [-0.05, 0) is 45.1 Å². The molecule has 2 saturated heterocycles. The zero-order valence-electron chi connectivity index (χ0n) is 16.9. The number of likely N-dealkylation sites (tertiary alicyclic amines) is 2. The van der Waals surface area contributed by atoms with Gasteiger partial charge < -0.3 is 4.90 Å². The van der Waals surface area contributed by atoms with E-state index < -0.39 is 0 Å². The van der Waals surface area contributed by atoms with Crippen LogP contribution in [0.5, 0.6) is 0 Å². The van der Waals surface area contributed by atoms with Gasteiger partial charge in [-0.25, -0.2) is 9.67 Å². The molecule has 1 amide bonds. The predicted molar refractivity (Wildman–Crippen MR) is 105 cm³/mol. The van der Waals surface area contributed by atoms with Crippen LogP contribution in [0.3, 0.4) is 0 Å². The highest BCUT2D eigenvalue weighted by atomic mass is 16.2. The van der Waals surface area contributed by atoms with Gasteiger partial charge in [0.1, 0.15) is 12.2 Å². The van der Waals surface area contributed by atoms with Crippen molar-refractivity contribution in [3.63, 3.8) is 0 Å². The SMILES string of the molecule is CCn1ncnc1CN1CCC2(CCCN(C(=O)CCC3CCCC3)C2)C1. The fourth-order valence-electron chi connectivity index (χ4n) is 5.58. The van der Waals surface area contributed by atoms with Gasteiger partial charge in [0.05, 0.1) is 6.54 Å². The number of amides is 1. The Balaban J connectivity index is 1.30. The molecule has 4 rings (SSSR count). The molecule has 27 heavy (non-hydrogen) atoms. The van der Waals surface area contributed by atoms with Crippen LogP contribution in [0.25, 0.3) is 0 Å². The number of rotatable bonds is 6. The molecule has 3 fully saturated rings. The molecular weight excluding hydrogens is 338 g/mol.